The molecule has 17 heavy (non-hydrogen) atoms. The Balaban J connectivity index is 2.34. The van der Waals surface area contributed by atoms with Gasteiger partial charge < -0.3 is 4.90 Å². The number of aryl methyl sites for hydroxylation is 1. The number of hydrogen-bond acceptors (Lipinski definition) is 4. The third-order valence-electron chi connectivity index (χ3n) is 2.54. The lowest BCUT2D eigenvalue weighted by atomic mass is 10.3. The van der Waals surface area contributed by atoms with Crippen molar-refractivity contribution in [1.29, 1.82) is 0 Å². The summed E-state index contributed by atoms with van der Waals surface area (Å²) in [6.07, 6.45) is 0. The number of aromatic nitrogens is 1. The first-order valence-electron chi connectivity index (χ1n) is 5.40. The highest BCUT2D eigenvalue weighted by atomic mass is 32.1. The van der Waals surface area contributed by atoms with Crippen LogP contribution in [0.1, 0.15) is 22.3 Å². The van der Waals surface area contributed by atoms with Gasteiger partial charge in [0.15, 0.2) is 0 Å². The summed E-state index contributed by atoms with van der Waals surface area (Å²) in [7, 11) is 1.81. The number of rotatable bonds is 3. The summed E-state index contributed by atoms with van der Waals surface area (Å²) in [5.41, 5.74) is 0.823. The van der Waals surface area contributed by atoms with E-state index in [1.165, 1.54) is 11.3 Å². The third-order valence-corrected chi connectivity index (χ3v) is 4.73. The molecule has 2 aromatic rings. The topological polar surface area (TPSA) is 33.2 Å². The van der Waals surface area contributed by atoms with Gasteiger partial charge in [-0.05, 0) is 25.3 Å². The van der Waals surface area contributed by atoms with Gasteiger partial charge in [-0.15, -0.1) is 22.7 Å². The zero-order valence-corrected chi connectivity index (χ0v) is 11.7. The van der Waals surface area contributed by atoms with Crippen LogP contribution < -0.4 is 0 Å². The van der Waals surface area contributed by atoms with Crippen molar-refractivity contribution in [1.82, 2.24) is 9.88 Å². The third kappa shape index (κ3) is 2.40. The maximum atomic E-state index is 12.1. The second-order valence-electron chi connectivity index (χ2n) is 3.73. The van der Waals surface area contributed by atoms with E-state index in [-0.39, 0.29) is 5.91 Å². The minimum Gasteiger partial charge on any atom is -0.341 e. The Labute approximate surface area is 109 Å². The Morgan fingerprint density at radius 1 is 1.53 bits per heavy atom. The molecule has 2 heterocycles. The van der Waals surface area contributed by atoms with Gasteiger partial charge in [0.2, 0.25) is 0 Å². The van der Waals surface area contributed by atoms with E-state index >= 15 is 0 Å². The number of thiophene rings is 1. The zero-order valence-electron chi connectivity index (χ0n) is 10.1. The van der Waals surface area contributed by atoms with Crippen LogP contribution in [-0.2, 0) is 0 Å². The molecule has 3 nitrogen and oxygen atoms in total. The van der Waals surface area contributed by atoms with Gasteiger partial charge >= 0.3 is 0 Å². The molecule has 0 N–H and O–H groups in total. The van der Waals surface area contributed by atoms with E-state index in [0.29, 0.717) is 6.54 Å². The highest BCUT2D eigenvalue weighted by Crippen LogP contribution is 2.31. The van der Waals surface area contributed by atoms with E-state index in [0.717, 1.165) is 20.5 Å². The summed E-state index contributed by atoms with van der Waals surface area (Å²) in [5.74, 6) is 0.0605. The quantitative estimate of drug-likeness (QED) is 0.854. The summed E-state index contributed by atoms with van der Waals surface area (Å²) >= 11 is 3.12. The number of carbonyl (C=O) groups is 1. The molecule has 0 saturated heterocycles. The van der Waals surface area contributed by atoms with Crippen LogP contribution in [0.5, 0.6) is 0 Å². The lowest BCUT2D eigenvalue weighted by Gasteiger charge is -2.12. The van der Waals surface area contributed by atoms with Crippen LogP contribution in [0.4, 0.5) is 0 Å². The molecule has 1 amide bonds. The average molecular weight is 266 g/mol. The Hall–Kier alpha value is -1.20. The van der Waals surface area contributed by atoms with Gasteiger partial charge in [-0.3, -0.25) is 4.79 Å². The maximum Gasteiger partial charge on any atom is 0.265 e. The zero-order chi connectivity index (χ0) is 12.4. The fraction of sp³-hybridized carbons (Fsp3) is 0.333. The monoisotopic (exact) mass is 266 g/mol. The van der Waals surface area contributed by atoms with Crippen molar-refractivity contribution in [3.63, 3.8) is 0 Å². The molecular weight excluding hydrogens is 252 g/mol. The molecule has 0 radical (unpaired) electrons. The lowest BCUT2D eigenvalue weighted by Crippen LogP contribution is -2.25. The predicted molar refractivity (Wildman–Crippen MR) is 72.8 cm³/mol. The van der Waals surface area contributed by atoms with E-state index in [4.69, 9.17) is 0 Å². The summed E-state index contributed by atoms with van der Waals surface area (Å²) in [4.78, 5) is 20.1. The van der Waals surface area contributed by atoms with E-state index in [2.05, 4.69) is 4.98 Å². The number of carbonyl (C=O) groups excluding carboxylic acids is 1. The molecule has 0 atom stereocenters. The van der Waals surface area contributed by atoms with Crippen LogP contribution in [0.2, 0.25) is 0 Å². The molecule has 0 fully saturated rings. The molecule has 0 bridgehead atoms. The van der Waals surface area contributed by atoms with Crippen LogP contribution in [0.3, 0.4) is 0 Å². The number of thiazole rings is 1. The van der Waals surface area contributed by atoms with Gasteiger partial charge in [0.1, 0.15) is 9.88 Å². The highest BCUT2D eigenvalue weighted by Gasteiger charge is 2.18. The van der Waals surface area contributed by atoms with Crippen LogP contribution in [0.25, 0.3) is 9.88 Å². The number of nitrogens with zero attached hydrogens (tertiary/aromatic N) is 2. The van der Waals surface area contributed by atoms with Crippen molar-refractivity contribution in [2.45, 2.75) is 13.8 Å². The molecule has 0 aliphatic rings. The van der Waals surface area contributed by atoms with Crippen LogP contribution in [0.15, 0.2) is 17.5 Å². The van der Waals surface area contributed by atoms with Crippen LogP contribution >= 0.6 is 22.7 Å². The molecule has 2 rings (SSSR count). The van der Waals surface area contributed by atoms with Crippen molar-refractivity contribution in [2.24, 2.45) is 0 Å². The molecule has 0 saturated carbocycles. The Morgan fingerprint density at radius 3 is 2.88 bits per heavy atom. The van der Waals surface area contributed by atoms with Crippen molar-refractivity contribution < 1.29 is 4.79 Å². The normalized spacial score (nSPS) is 10.5. The number of hydrogen-bond donors (Lipinski definition) is 0. The second-order valence-corrected chi connectivity index (χ2v) is 5.68. The van der Waals surface area contributed by atoms with Crippen molar-refractivity contribution in [3.8, 4) is 9.88 Å². The molecule has 0 aliphatic heterocycles. The van der Waals surface area contributed by atoms with E-state index in [9.17, 15) is 4.79 Å². The molecule has 0 aliphatic carbocycles. The van der Waals surface area contributed by atoms with Crippen LogP contribution in [-0.4, -0.2) is 29.4 Å². The van der Waals surface area contributed by atoms with Gasteiger partial charge in [0, 0.05) is 13.6 Å². The Morgan fingerprint density at radius 2 is 2.29 bits per heavy atom. The van der Waals surface area contributed by atoms with Gasteiger partial charge in [0.25, 0.3) is 5.91 Å². The Kier molecular flexibility index (Phi) is 3.59. The number of amides is 1. The highest BCUT2D eigenvalue weighted by molar-refractivity contribution is 7.22. The molecule has 5 heteroatoms. The van der Waals surface area contributed by atoms with Crippen molar-refractivity contribution in [3.05, 3.63) is 28.1 Å². The molecular formula is C12H14N2OS2. The molecule has 0 aromatic carbocycles. The molecule has 0 unspecified atom stereocenters. The van der Waals surface area contributed by atoms with Crippen LogP contribution in [0, 0.1) is 6.92 Å². The summed E-state index contributed by atoms with van der Waals surface area (Å²) in [6, 6.07) is 4.02. The molecule has 90 valence electrons. The summed E-state index contributed by atoms with van der Waals surface area (Å²) < 4.78 is 0. The van der Waals surface area contributed by atoms with Gasteiger partial charge in [-0.1, -0.05) is 6.07 Å². The SMILES string of the molecule is CCN(C)C(=O)c1sc(-c2cccs2)nc1C. The summed E-state index contributed by atoms with van der Waals surface area (Å²) in [5, 5.41) is 2.96. The molecule has 0 spiro atoms. The lowest BCUT2D eigenvalue weighted by molar-refractivity contribution is 0.0806. The van der Waals surface area contributed by atoms with Gasteiger partial charge in [-0.2, -0.15) is 0 Å². The summed E-state index contributed by atoms with van der Waals surface area (Å²) in [6.45, 7) is 4.57. The standard InChI is InChI=1S/C12H14N2OS2/c1-4-14(3)12(15)10-8(2)13-11(17-10)9-6-5-7-16-9/h5-7H,4H2,1-3H3. The average Bonchev–Trinajstić information content (AvgIpc) is 2.95. The second kappa shape index (κ2) is 4.98. The minimum absolute atomic E-state index is 0.0605. The van der Waals surface area contributed by atoms with E-state index < -0.39 is 0 Å². The van der Waals surface area contributed by atoms with Gasteiger partial charge in [-0.25, -0.2) is 4.98 Å². The Bertz CT molecular complexity index is 517. The van der Waals surface area contributed by atoms with E-state index in [1.807, 2.05) is 38.4 Å². The maximum absolute atomic E-state index is 12.1. The largest absolute Gasteiger partial charge is 0.341 e. The fourth-order valence-electron chi connectivity index (χ4n) is 1.42. The first kappa shape index (κ1) is 12.3. The van der Waals surface area contributed by atoms with Gasteiger partial charge in [0.05, 0.1) is 10.6 Å². The van der Waals surface area contributed by atoms with Crippen molar-refractivity contribution in [2.75, 3.05) is 13.6 Å². The first-order valence-corrected chi connectivity index (χ1v) is 7.10. The van der Waals surface area contributed by atoms with E-state index in [1.54, 1.807) is 16.2 Å². The fourth-order valence-corrected chi connectivity index (χ4v) is 3.28. The minimum atomic E-state index is 0.0605. The smallest absolute Gasteiger partial charge is 0.265 e. The predicted octanol–water partition coefficient (Wildman–Crippen LogP) is 3.27. The van der Waals surface area contributed by atoms with Crippen molar-refractivity contribution >= 4 is 28.6 Å². The molecule has 2 aromatic heterocycles. The first-order chi connectivity index (χ1) is 8.13.